The molecule has 0 saturated carbocycles. The van der Waals surface area contributed by atoms with Gasteiger partial charge >= 0.3 is 0 Å². The SMILES string of the molecule is COc1cc(F)ccc1-c1ccncc1NCC1CCCCO1. The second kappa shape index (κ2) is 7.42. The molecule has 4 nitrogen and oxygen atoms in total. The third-order valence-electron chi connectivity index (χ3n) is 4.07. The highest BCUT2D eigenvalue weighted by atomic mass is 19.1. The van der Waals surface area contributed by atoms with Gasteiger partial charge in [-0.1, -0.05) is 0 Å². The maximum absolute atomic E-state index is 13.4. The molecule has 5 heteroatoms. The Morgan fingerprint density at radius 1 is 1.30 bits per heavy atom. The molecule has 0 amide bonds. The zero-order valence-electron chi connectivity index (χ0n) is 13.2. The van der Waals surface area contributed by atoms with E-state index >= 15 is 0 Å². The van der Waals surface area contributed by atoms with Crippen LogP contribution in [0.15, 0.2) is 36.7 Å². The van der Waals surface area contributed by atoms with Gasteiger partial charge in [0.25, 0.3) is 0 Å². The number of pyridine rings is 1. The first-order valence-corrected chi connectivity index (χ1v) is 7.91. The van der Waals surface area contributed by atoms with E-state index in [-0.39, 0.29) is 11.9 Å². The molecule has 0 aliphatic carbocycles. The topological polar surface area (TPSA) is 43.4 Å². The molecule has 23 heavy (non-hydrogen) atoms. The Kier molecular flexibility index (Phi) is 5.08. The lowest BCUT2D eigenvalue weighted by Gasteiger charge is -2.24. The maximum atomic E-state index is 13.4. The molecule has 2 aromatic rings. The Hall–Kier alpha value is -2.14. The van der Waals surface area contributed by atoms with Gasteiger partial charge in [-0.2, -0.15) is 0 Å². The first-order valence-electron chi connectivity index (χ1n) is 7.91. The molecule has 0 bridgehead atoms. The summed E-state index contributed by atoms with van der Waals surface area (Å²) in [7, 11) is 1.54. The van der Waals surface area contributed by atoms with Crippen LogP contribution in [0.25, 0.3) is 11.1 Å². The summed E-state index contributed by atoms with van der Waals surface area (Å²) in [5, 5.41) is 3.41. The van der Waals surface area contributed by atoms with E-state index in [0.29, 0.717) is 5.75 Å². The minimum atomic E-state index is -0.315. The number of rotatable bonds is 5. The fourth-order valence-corrected chi connectivity index (χ4v) is 2.85. The Morgan fingerprint density at radius 3 is 3.00 bits per heavy atom. The smallest absolute Gasteiger partial charge is 0.129 e. The van der Waals surface area contributed by atoms with E-state index in [0.717, 1.165) is 42.8 Å². The molecule has 1 aliphatic heterocycles. The van der Waals surface area contributed by atoms with Crippen LogP contribution in [0.3, 0.4) is 0 Å². The zero-order chi connectivity index (χ0) is 16.1. The van der Waals surface area contributed by atoms with E-state index in [1.165, 1.54) is 18.6 Å². The van der Waals surface area contributed by atoms with Crippen molar-refractivity contribution < 1.29 is 13.9 Å². The third kappa shape index (κ3) is 3.79. The predicted octanol–water partition coefficient (Wildman–Crippen LogP) is 3.88. The average Bonchev–Trinajstić information content (AvgIpc) is 2.61. The van der Waals surface area contributed by atoms with Crippen molar-refractivity contribution in [2.45, 2.75) is 25.4 Å². The molecular weight excluding hydrogens is 295 g/mol. The molecule has 1 aromatic carbocycles. The van der Waals surface area contributed by atoms with Gasteiger partial charge in [0.2, 0.25) is 0 Å². The van der Waals surface area contributed by atoms with Gasteiger partial charge in [0.15, 0.2) is 0 Å². The molecule has 0 radical (unpaired) electrons. The molecule has 3 rings (SSSR count). The van der Waals surface area contributed by atoms with Crippen molar-refractivity contribution in [3.63, 3.8) is 0 Å². The summed E-state index contributed by atoms with van der Waals surface area (Å²) < 4.78 is 24.5. The van der Waals surface area contributed by atoms with Gasteiger partial charge in [-0.15, -0.1) is 0 Å². The van der Waals surface area contributed by atoms with E-state index in [1.807, 2.05) is 6.07 Å². The summed E-state index contributed by atoms with van der Waals surface area (Å²) in [5.74, 6) is 0.193. The van der Waals surface area contributed by atoms with Crippen LogP contribution in [0, 0.1) is 5.82 Å². The van der Waals surface area contributed by atoms with Crippen LogP contribution in [0.4, 0.5) is 10.1 Å². The Balaban J connectivity index is 1.83. The second-order valence-corrected chi connectivity index (χ2v) is 5.64. The highest BCUT2D eigenvalue weighted by Gasteiger charge is 2.16. The first-order chi connectivity index (χ1) is 11.3. The van der Waals surface area contributed by atoms with E-state index in [4.69, 9.17) is 9.47 Å². The molecule has 1 N–H and O–H groups in total. The van der Waals surface area contributed by atoms with Gasteiger partial charge in [-0.3, -0.25) is 4.98 Å². The molecule has 122 valence electrons. The number of hydrogen-bond acceptors (Lipinski definition) is 4. The Labute approximate surface area is 135 Å². The van der Waals surface area contributed by atoms with Crippen molar-refractivity contribution in [1.82, 2.24) is 4.98 Å². The number of nitrogens with one attached hydrogen (secondary N) is 1. The van der Waals surface area contributed by atoms with Crippen molar-refractivity contribution in [2.24, 2.45) is 0 Å². The van der Waals surface area contributed by atoms with Gasteiger partial charge in [0, 0.05) is 36.5 Å². The minimum Gasteiger partial charge on any atom is -0.496 e. The largest absolute Gasteiger partial charge is 0.496 e. The molecule has 1 atom stereocenters. The van der Waals surface area contributed by atoms with Crippen LogP contribution in [0.5, 0.6) is 5.75 Å². The number of benzene rings is 1. The summed E-state index contributed by atoms with van der Waals surface area (Å²) in [6.07, 6.45) is 7.15. The number of halogens is 1. The lowest BCUT2D eigenvalue weighted by Crippen LogP contribution is -2.27. The van der Waals surface area contributed by atoms with E-state index in [1.54, 1.807) is 25.6 Å². The molecule has 1 unspecified atom stereocenters. The number of hydrogen-bond donors (Lipinski definition) is 1. The molecule has 2 heterocycles. The van der Waals surface area contributed by atoms with Gasteiger partial charge in [-0.25, -0.2) is 4.39 Å². The Bertz CT molecular complexity index is 657. The lowest BCUT2D eigenvalue weighted by molar-refractivity contribution is 0.0247. The van der Waals surface area contributed by atoms with E-state index in [9.17, 15) is 4.39 Å². The van der Waals surface area contributed by atoms with Crippen molar-refractivity contribution in [3.8, 4) is 16.9 Å². The molecule has 1 fully saturated rings. The van der Waals surface area contributed by atoms with Gasteiger partial charge < -0.3 is 14.8 Å². The van der Waals surface area contributed by atoms with Crippen molar-refractivity contribution in [2.75, 3.05) is 25.6 Å². The highest BCUT2D eigenvalue weighted by Crippen LogP contribution is 2.35. The van der Waals surface area contributed by atoms with Crippen LogP contribution in [0.2, 0.25) is 0 Å². The van der Waals surface area contributed by atoms with Crippen molar-refractivity contribution in [3.05, 3.63) is 42.5 Å². The molecule has 1 aliphatic rings. The van der Waals surface area contributed by atoms with Crippen LogP contribution in [0.1, 0.15) is 19.3 Å². The standard InChI is InChI=1S/C18H21FN2O2/c1-22-18-10-13(19)5-6-16(18)15-7-8-20-12-17(15)21-11-14-4-2-3-9-23-14/h5-8,10,12,14,21H,2-4,9,11H2,1H3. The number of anilines is 1. The van der Waals surface area contributed by atoms with E-state index in [2.05, 4.69) is 10.3 Å². The monoisotopic (exact) mass is 316 g/mol. The lowest BCUT2D eigenvalue weighted by atomic mass is 10.0. The quantitative estimate of drug-likeness (QED) is 0.909. The molecule has 1 aromatic heterocycles. The third-order valence-corrected chi connectivity index (χ3v) is 4.07. The molecule has 1 saturated heterocycles. The molecular formula is C18H21FN2O2. The fraction of sp³-hybridized carbons (Fsp3) is 0.389. The van der Waals surface area contributed by atoms with Gasteiger partial charge in [-0.05, 0) is 37.5 Å². The van der Waals surface area contributed by atoms with Crippen LogP contribution in [-0.4, -0.2) is 31.3 Å². The first kappa shape index (κ1) is 15.7. The summed E-state index contributed by atoms with van der Waals surface area (Å²) in [6, 6.07) is 6.46. The number of methoxy groups -OCH3 is 1. The van der Waals surface area contributed by atoms with E-state index < -0.39 is 0 Å². The zero-order valence-corrected chi connectivity index (χ0v) is 13.2. The second-order valence-electron chi connectivity index (χ2n) is 5.64. The minimum absolute atomic E-state index is 0.229. The number of nitrogens with zero attached hydrogens (tertiary/aromatic N) is 1. The van der Waals surface area contributed by atoms with Gasteiger partial charge in [0.05, 0.1) is 25.1 Å². The number of ether oxygens (including phenoxy) is 2. The maximum Gasteiger partial charge on any atom is 0.129 e. The van der Waals surface area contributed by atoms with Crippen LogP contribution >= 0.6 is 0 Å². The summed E-state index contributed by atoms with van der Waals surface area (Å²) >= 11 is 0. The van der Waals surface area contributed by atoms with Crippen molar-refractivity contribution >= 4 is 5.69 Å². The summed E-state index contributed by atoms with van der Waals surface area (Å²) in [6.45, 7) is 1.57. The highest BCUT2D eigenvalue weighted by molar-refractivity contribution is 5.81. The van der Waals surface area contributed by atoms with Crippen LogP contribution in [-0.2, 0) is 4.74 Å². The normalized spacial score (nSPS) is 17.7. The van der Waals surface area contributed by atoms with Gasteiger partial charge in [0.1, 0.15) is 11.6 Å². The summed E-state index contributed by atoms with van der Waals surface area (Å²) in [4.78, 5) is 4.19. The average molecular weight is 316 g/mol. The summed E-state index contributed by atoms with van der Waals surface area (Å²) in [5.41, 5.74) is 2.67. The van der Waals surface area contributed by atoms with Crippen molar-refractivity contribution in [1.29, 1.82) is 0 Å². The predicted molar refractivity (Wildman–Crippen MR) is 88.3 cm³/mol. The molecule has 0 spiro atoms. The fourth-order valence-electron chi connectivity index (χ4n) is 2.85. The number of aromatic nitrogens is 1. The Morgan fingerprint density at radius 2 is 2.22 bits per heavy atom. The van der Waals surface area contributed by atoms with Crippen LogP contribution < -0.4 is 10.1 Å².